The summed E-state index contributed by atoms with van der Waals surface area (Å²) in [6.07, 6.45) is 5.78. The first-order valence-corrected chi connectivity index (χ1v) is 18.2. The average molecular weight is 732 g/mol. The molecule has 0 atom stereocenters. The van der Waals surface area contributed by atoms with Crippen LogP contribution >= 0.6 is 23.5 Å². The molecule has 47 heavy (non-hydrogen) atoms. The molecule has 1 aliphatic heterocycles. The van der Waals surface area contributed by atoms with E-state index in [0.29, 0.717) is 6.61 Å². The minimum absolute atomic E-state index is 0. The van der Waals surface area contributed by atoms with E-state index in [4.69, 9.17) is 56.2 Å². The van der Waals surface area contributed by atoms with Crippen LogP contribution in [0.1, 0.15) is 43.2 Å². The average Bonchev–Trinajstić information content (AvgIpc) is 2.92. The van der Waals surface area contributed by atoms with Crippen molar-refractivity contribution in [2.75, 3.05) is 32.8 Å². The van der Waals surface area contributed by atoms with Crippen LogP contribution in [0.15, 0.2) is 48.5 Å². The van der Waals surface area contributed by atoms with Crippen molar-refractivity contribution < 1.29 is 67.2 Å². The molecule has 0 unspecified atom stereocenters. The SMILES string of the molecule is N=C(N)c1ccc(OCCCC2CCN(CCCOc3ccc(C(=N)N)cc3)CC2)cc1.O.O.O=P(O)(O)OP(=O)(O)OP(=O)(O)O. The molecule has 3 rings (SSSR count). The number of benzene rings is 2. The van der Waals surface area contributed by atoms with Crippen LogP contribution < -0.4 is 20.9 Å². The molecule has 2 aromatic carbocycles. The van der Waals surface area contributed by atoms with Gasteiger partial charge in [-0.25, -0.2) is 13.7 Å². The summed E-state index contributed by atoms with van der Waals surface area (Å²) in [5, 5.41) is 14.8. The topological polar surface area (TPSA) is 355 Å². The number of phosphoric acid groups is 3. The lowest BCUT2D eigenvalue weighted by Crippen LogP contribution is -2.35. The number of piperidine rings is 1. The van der Waals surface area contributed by atoms with Gasteiger partial charge in [-0.1, -0.05) is 0 Å². The number of nitrogens with two attached hydrogens (primary N) is 2. The quantitative estimate of drug-likeness (QED) is 0.0507. The fourth-order valence-electron chi connectivity index (χ4n) is 4.28. The van der Waals surface area contributed by atoms with Crippen LogP contribution in [0.2, 0.25) is 0 Å². The first kappa shape index (κ1) is 44.3. The number of nitrogen functional groups attached to an aromatic ring is 2. The standard InChI is InChI=1S/C25H35N5O2.H5O10P3.2H2O/c26-24(27)20-4-8-22(9-5-20)31-17-1-3-19-12-15-30(16-13-19)14-2-18-32-23-10-6-21(7-11-23)25(28)29;1-11(2,3)9-13(7,8)10-12(4,5)6;;/h4-11,19H,1-3,12-18H2,(H3,26,27)(H3,28,29);(H,7,8)(H2,1,2,3)(H2,4,5,6);2*1H2. The number of hydrogen-bond acceptors (Lipinski definition) is 10. The molecule has 15 N–H and O–H groups in total. The maximum atomic E-state index is 10.4. The Morgan fingerprint density at radius 3 is 1.47 bits per heavy atom. The Morgan fingerprint density at radius 1 is 0.723 bits per heavy atom. The number of hydrogen-bond donors (Lipinski definition) is 9. The third kappa shape index (κ3) is 19.6. The molecular formula is C25H44N5O14P3. The fraction of sp³-hybridized carbons (Fsp3) is 0.440. The van der Waals surface area contributed by atoms with Gasteiger partial charge in [0, 0.05) is 17.7 Å². The summed E-state index contributed by atoms with van der Waals surface area (Å²) in [6.45, 7) is 4.81. The molecule has 1 heterocycles. The van der Waals surface area contributed by atoms with E-state index in [1.165, 1.54) is 19.3 Å². The van der Waals surface area contributed by atoms with Crippen LogP contribution in [0, 0.1) is 16.7 Å². The molecular weight excluding hydrogens is 687 g/mol. The summed E-state index contributed by atoms with van der Waals surface area (Å²) in [5.74, 6) is 2.60. The highest BCUT2D eigenvalue weighted by Gasteiger charge is 2.38. The van der Waals surface area contributed by atoms with Crippen LogP contribution in [0.4, 0.5) is 0 Å². The van der Waals surface area contributed by atoms with Crippen molar-refractivity contribution in [3.8, 4) is 11.5 Å². The van der Waals surface area contributed by atoms with Gasteiger partial charge in [-0.2, -0.15) is 8.62 Å². The molecule has 0 saturated carbocycles. The third-order valence-electron chi connectivity index (χ3n) is 6.37. The van der Waals surface area contributed by atoms with E-state index >= 15 is 0 Å². The second-order valence-corrected chi connectivity index (χ2v) is 14.2. The van der Waals surface area contributed by atoms with Gasteiger partial charge in [-0.3, -0.25) is 10.8 Å². The predicted octanol–water partition coefficient (Wildman–Crippen LogP) is 1.25. The molecule has 22 heteroatoms. The van der Waals surface area contributed by atoms with Gasteiger partial charge in [-0.05, 0) is 99.6 Å². The van der Waals surface area contributed by atoms with E-state index in [9.17, 15) is 13.7 Å². The Balaban J connectivity index is 0.00000121. The zero-order valence-electron chi connectivity index (χ0n) is 25.3. The van der Waals surface area contributed by atoms with Crippen molar-refractivity contribution in [2.24, 2.45) is 17.4 Å². The summed E-state index contributed by atoms with van der Waals surface area (Å²) < 4.78 is 48.0. The van der Waals surface area contributed by atoms with Crippen molar-refractivity contribution >= 4 is 35.1 Å². The number of rotatable bonds is 16. The highest BCUT2D eigenvalue weighted by molar-refractivity contribution is 7.66. The Morgan fingerprint density at radius 2 is 1.11 bits per heavy atom. The van der Waals surface area contributed by atoms with E-state index in [1.54, 1.807) is 0 Å². The zero-order chi connectivity index (χ0) is 33.7. The molecule has 1 fully saturated rings. The van der Waals surface area contributed by atoms with Gasteiger partial charge in [0.15, 0.2) is 0 Å². The van der Waals surface area contributed by atoms with Crippen LogP contribution in [0.5, 0.6) is 11.5 Å². The lowest BCUT2D eigenvalue weighted by Gasteiger charge is -2.32. The van der Waals surface area contributed by atoms with E-state index in [1.807, 2.05) is 48.5 Å². The van der Waals surface area contributed by atoms with Crippen molar-refractivity contribution in [1.82, 2.24) is 4.90 Å². The van der Waals surface area contributed by atoms with Gasteiger partial charge in [0.1, 0.15) is 23.2 Å². The van der Waals surface area contributed by atoms with E-state index in [0.717, 1.165) is 67.6 Å². The molecule has 0 bridgehead atoms. The van der Waals surface area contributed by atoms with E-state index in [2.05, 4.69) is 13.5 Å². The number of nitrogens with zero attached hydrogens (tertiary/aromatic N) is 1. The van der Waals surface area contributed by atoms with Gasteiger partial charge >= 0.3 is 23.5 Å². The zero-order valence-corrected chi connectivity index (χ0v) is 28.0. The largest absolute Gasteiger partial charge is 0.494 e. The number of ether oxygens (including phenoxy) is 2. The minimum atomic E-state index is -5.46. The van der Waals surface area contributed by atoms with E-state index in [-0.39, 0.29) is 22.6 Å². The molecule has 1 saturated heterocycles. The predicted molar refractivity (Wildman–Crippen MR) is 172 cm³/mol. The number of amidine groups is 2. The second kappa shape index (κ2) is 20.6. The lowest BCUT2D eigenvalue weighted by atomic mass is 9.92. The maximum Gasteiger partial charge on any atom is 0.490 e. The Bertz CT molecular complexity index is 1280. The number of nitrogens with one attached hydrogen (secondary N) is 2. The minimum Gasteiger partial charge on any atom is -0.494 e. The normalized spacial score (nSPS) is 14.1. The third-order valence-corrected chi connectivity index (χ3v) is 9.72. The Labute approximate surface area is 271 Å². The molecule has 2 aromatic rings. The highest BCUT2D eigenvalue weighted by atomic mass is 31.3. The number of likely N-dealkylation sites (tertiary alicyclic amines) is 1. The van der Waals surface area contributed by atoms with Crippen LogP contribution in [-0.4, -0.2) is 84.8 Å². The fourth-order valence-corrected chi connectivity index (χ4v) is 6.82. The maximum absolute atomic E-state index is 10.4. The van der Waals surface area contributed by atoms with Crippen molar-refractivity contribution in [2.45, 2.75) is 32.1 Å². The molecule has 1 aliphatic rings. The molecule has 0 amide bonds. The second-order valence-electron chi connectivity index (χ2n) is 9.97. The van der Waals surface area contributed by atoms with Gasteiger partial charge in [0.25, 0.3) is 0 Å². The molecule has 0 radical (unpaired) electrons. The van der Waals surface area contributed by atoms with Gasteiger partial charge < -0.3 is 61.3 Å². The van der Waals surface area contributed by atoms with Gasteiger partial charge in [0.05, 0.1) is 13.2 Å². The van der Waals surface area contributed by atoms with Gasteiger partial charge in [0.2, 0.25) is 0 Å². The van der Waals surface area contributed by atoms with Crippen LogP contribution in [0.25, 0.3) is 0 Å². The summed E-state index contributed by atoms with van der Waals surface area (Å²) in [7, 11) is -16.2. The lowest BCUT2D eigenvalue weighted by molar-refractivity contribution is 0.161. The smallest absolute Gasteiger partial charge is 0.490 e. The molecule has 0 aromatic heterocycles. The molecule has 268 valence electrons. The monoisotopic (exact) mass is 731 g/mol. The van der Waals surface area contributed by atoms with Crippen LogP contribution in [0.3, 0.4) is 0 Å². The van der Waals surface area contributed by atoms with Crippen LogP contribution in [-0.2, 0) is 22.3 Å². The molecule has 19 nitrogen and oxygen atoms in total. The Hall–Kier alpha value is -2.73. The summed E-state index contributed by atoms with van der Waals surface area (Å²) >= 11 is 0. The summed E-state index contributed by atoms with van der Waals surface area (Å²) in [6, 6.07) is 14.8. The van der Waals surface area contributed by atoms with Crippen molar-refractivity contribution in [3.05, 3.63) is 59.7 Å². The van der Waals surface area contributed by atoms with E-state index < -0.39 is 23.5 Å². The Kier molecular flexibility index (Phi) is 19.4. The molecule has 0 spiro atoms. The first-order chi connectivity index (χ1) is 20.9. The highest BCUT2D eigenvalue weighted by Crippen LogP contribution is 2.64. The summed E-state index contributed by atoms with van der Waals surface area (Å²) in [5.41, 5.74) is 12.4. The van der Waals surface area contributed by atoms with Gasteiger partial charge in [-0.15, -0.1) is 0 Å². The van der Waals surface area contributed by atoms with Crippen molar-refractivity contribution in [1.29, 1.82) is 10.8 Å². The first-order valence-electron chi connectivity index (χ1n) is 13.7. The molecule has 0 aliphatic carbocycles. The summed E-state index contributed by atoms with van der Waals surface area (Å²) in [4.78, 5) is 42.7. The van der Waals surface area contributed by atoms with Crippen molar-refractivity contribution in [3.63, 3.8) is 0 Å².